The second-order valence-electron chi connectivity index (χ2n) is 6.89. The first-order chi connectivity index (χ1) is 9.99. The van der Waals surface area contributed by atoms with Gasteiger partial charge in [0.15, 0.2) is 0 Å². The lowest BCUT2D eigenvalue weighted by molar-refractivity contribution is 0.0983. The molecule has 3 nitrogen and oxygen atoms in total. The fourth-order valence-corrected chi connectivity index (χ4v) is 3.50. The number of benzene rings is 1. The van der Waals surface area contributed by atoms with E-state index >= 15 is 0 Å². The zero-order chi connectivity index (χ0) is 15.4. The smallest absolute Gasteiger partial charge is 0.119 e. The zero-order valence-corrected chi connectivity index (χ0v) is 13.9. The predicted molar refractivity (Wildman–Crippen MR) is 88.5 cm³/mol. The lowest BCUT2D eigenvalue weighted by Crippen LogP contribution is -2.43. The van der Waals surface area contributed by atoms with Gasteiger partial charge >= 0.3 is 0 Å². The summed E-state index contributed by atoms with van der Waals surface area (Å²) >= 11 is 0. The molecule has 0 saturated carbocycles. The van der Waals surface area contributed by atoms with E-state index in [9.17, 15) is 0 Å². The van der Waals surface area contributed by atoms with Crippen LogP contribution in [0.5, 0.6) is 5.75 Å². The summed E-state index contributed by atoms with van der Waals surface area (Å²) in [6.45, 7) is 11.8. The first-order valence-electron chi connectivity index (χ1n) is 8.20. The molecule has 1 aliphatic heterocycles. The lowest BCUT2D eigenvalue weighted by atomic mass is 9.89. The standard InChI is InChI=1S/C18H30N2O/c1-13(2)21-17-7-5-16(6-8-17)18(10-19)20-11-14(3)9-15(4)12-20/h5-8,13-15,18H,9-12,19H2,1-4H3/t14-,15+,18?. The van der Waals surface area contributed by atoms with Crippen molar-refractivity contribution in [2.75, 3.05) is 19.6 Å². The van der Waals surface area contributed by atoms with Crippen LogP contribution in [0.3, 0.4) is 0 Å². The van der Waals surface area contributed by atoms with E-state index in [1.807, 2.05) is 13.8 Å². The van der Waals surface area contributed by atoms with Gasteiger partial charge in [-0.2, -0.15) is 0 Å². The molecule has 1 aromatic carbocycles. The zero-order valence-electron chi connectivity index (χ0n) is 13.9. The second kappa shape index (κ2) is 7.28. The summed E-state index contributed by atoms with van der Waals surface area (Å²) in [6.07, 6.45) is 1.54. The third kappa shape index (κ3) is 4.45. The average Bonchev–Trinajstić information content (AvgIpc) is 2.40. The van der Waals surface area contributed by atoms with E-state index in [0.29, 0.717) is 12.6 Å². The maximum atomic E-state index is 6.07. The van der Waals surface area contributed by atoms with Crippen molar-refractivity contribution in [1.29, 1.82) is 0 Å². The van der Waals surface area contributed by atoms with Gasteiger partial charge in [-0.1, -0.05) is 26.0 Å². The summed E-state index contributed by atoms with van der Waals surface area (Å²) in [6, 6.07) is 8.78. The topological polar surface area (TPSA) is 38.5 Å². The normalized spacial score (nSPS) is 25.0. The van der Waals surface area contributed by atoms with E-state index in [2.05, 4.69) is 43.0 Å². The van der Waals surface area contributed by atoms with Gasteiger partial charge < -0.3 is 10.5 Å². The van der Waals surface area contributed by atoms with Gasteiger partial charge in [0, 0.05) is 25.7 Å². The predicted octanol–water partition coefficient (Wildman–Crippen LogP) is 3.45. The Hall–Kier alpha value is -1.06. The molecule has 0 aromatic heterocycles. The minimum Gasteiger partial charge on any atom is -0.491 e. The molecule has 0 bridgehead atoms. The van der Waals surface area contributed by atoms with E-state index in [4.69, 9.17) is 10.5 Å². The summed E-state index contributed by atoms with van der Waals surface area (Å²) in [5.41, 5.74) is 7.37. The first kappa shape index (κ1) is 16.3. The van der Waals surface area contributed by atoms with Crippen molar-refractivity contribution in [3.63, 3.8) is 0 Å². The van der Waals surface area contributed by atoms with Crippen LogP contribution in [0, 0.1) is 11.8 Å². The maximum Gasteiger partial charge on any atom is 0.119 e. The number of hydrogen-bond acceptors (Lipinski definition) is 3. The highest BCUT2D eigenvalue weighted by atomic mass is 16.5. The van der Waals surface area contributed by atoms with Gasteiger partial charge in [0.2, 0.25) is 0 Å². The molecule has 118 valence electrons. The van der Waals surface area contributed by atoms with Gasteiger partial charge in [-0.3, -0.25) is 4.90 Å². The molecule has 0 spiro atoms. The third-order valence-electron chi connectivity index (χ3n) is 4.20. The number of piperidine rings is 1. The SMILES string of the molecule is CC(C)Oc1ccc(C(CN)N2C[C@H](C)C[C@H](C)C2)cc1. The highest BCUT2D eigenvalue weighted by Crippen LogP contribution is 2.29. The summed E-state index contributed by atoms with van der Waals surface area (Å²) < 4.78 is 5.72. The molecule has 3 heteroatoms. The number of hydrogen-bond donors (Lipinski definition) is 1. The molecule has 1 saturated heterocycles. The number of nitrogens with two attached hydrogens (primary N) is 1. The summed E-state index contributed by atoms with van der Waals surface area (Å²) in [5.74, 6) is 2.45. The summed E-state index contributed by atoms with van der Waals surface area (Å²) in [7, 11) is 0. The molecule has 0 aliphatic carbocycles. The fraction of sp³-hybridized carbons (Fsp3) is 0.667. The van der Waals surface area contributed by atoms with E-state index < -0.39 is 0 Å². The van der Waals surface area contributed by atoms with Crippen LogP contribution >= 0.6 is 0 Å². The van der Waals surface area contributed by atoms with Gasteiger partial charge in [-0.15, -0.1) is 0 Å². The molecule has 2 N–H and O–H groups in total. The van der Waals surface area contributed by atoms with Crippen molar-refractivity contribution in [3.05, 3.63) is 29.8 Å². The Balaban J connectivity index is 2.09. The molecule has 3 atom stereocenters. The van der Waals surface area contributed by atoms with Gasteiger partial charge in [0.25, 0.3) is 0 Å². The largest absolute Gasteiger partial charge is 0.491 e. The Bertz CT molecular complexity index is 419. The van der Waals surface area contributed by atoms with Crippen LogP contribution in [0.4, 0.5) is 0 Å². The van der Waals surface area contributed by atoms with Crippen molar-refractivity contribution >= 4 is 0 Å². The Morgan fingerprint density at radius 2 is 1.71 bits per heavy atom. The quantitative estimate of drug-likeness (QED) is 0.902. The fourth-order valence-electron chi connectivity index (χ4n) is 3.50. The van der Waals surface area contributed by atoms with Crippen LogP contribution in [-0.2, 0) is 0 Å². The molecule has 0 radical (unpaired) electrons. The molecule has 2 rings (SSSR count). The average molecular weight is 290 g/mol. The molecular weight excluding hydrogens is 260 g/mol. The van der Waals surface area contributed by atoms with Crippen LogP contribution < -0.4 is 10.5 Å². The van der Waals surface area contributed by atoms with Crippen molar-refractivity contribution in [1.82, 2.24) is 4.90 Å². The Labute approximate surface area is 129 Å². The van der Waals surface area contributed by atoms with Crippen molar-refractivity contribution in [3.8, 4) is 5.75 Å². The van der Waals surface area contributed by atoms with Crippen molar-refractivity contribution < 1.29 is 4.74 Å². The summed E-state index contributed by atoms with van der Waals surface area (Å²) in [4.78, 5) is 2.55. The monoisotopic (exact) mass is 290 g/mol. The van der Waals surface area contributed by atoms with Crippen LogP contribution in [0.2, 0.25) is 0 Å². The highest BCUT2D eigenvalue weighted by molar-refractivity contribution is 5.29. The third-order valence-corrected chi connectivity index (χ3v) is 4.20. The van der Waals surface area contributed by atoms with Crippen LogP contribution in [-0.4, -0.2) is 30.6 Å². The highest BCUT2D eigenvalue weighted by Gasteiger charge is 2.27. The number of rotatable bonds is 5. The number of ether oxygens (including phenoxy) is 1. The van der Waals surface area contributed by atoms with Crippen molar-refractivity contribution in [2.24, 2.45) is 17.6 Å². The molecular formula is C18H30N2O. The van der Waals surface area contributed by atoms with E-state index in [1.54, 1.807) is 0 Å². The maximum absolute atomic E-state index is 6.07. The Morgan fingerprint density at radius 1 is 1.14 bits per heavy atom. The second-order valence-corrected chi connectivity index (χ2v) is 6.89. The molecule has 0 amide bonds. The summed E-state index contributed by atoms with van der Waals surface area (Å²) in [5, 5.41) is 0. The van der Waals surface area contributed by atoms with E-state index in [0.717, 1.165) is 30.7 Å². The Kier molecular flexibility index (Phi) is 5.65. The molecule has 1 fully saturated rings. The first-order valence-corrected chi connectivity index (χ1v) is 8.20. The molecule has 1 heterocycles. The van der Waals surface area contributed by atoms with Gasteiger partial charge in [-0.25, -0.2) is 0 Å². The number of nitrogens with zero attached hydrogens (tertiary/aromatic N) is 1. The lowest BCUT2D eigenvalue weighted by Gasteiger charge is -2.40. The van der Waals surface area contributed by atoms with Gasteiger partial charge in [-0.05, 0) is 49.8 Å². The van der Waals surface area contributed by atoms with Crippen LogP contribution in [0.1, 0.15) is 45.7 Å². The molecule has 21 heavy (non-hydrogen) atoms. The van der Waals surface area contributed by atoms with Crippen molar-refractivity contribution in [2.45, 2.75) is 46.3 Å². The van der Waals surface area contributed by atoms with Gasteiger partial charge in [0.05, 0.1) is 6.10 Å². The van der Waals surface area contributed by atoms with Crippen LogP contribution in [0.25, 0.3) is 0 Å². The number of likely N-dealkylation sites (tertiary alicyclic amines) is 1. The van der Waals surface area contributed by atoms with Crippen LogP contribution in [0.15, 0.2) is 24.3 Å². The van der Waals surface area contributed by atoms with E-state index in [1.165, 1.54) is 12.0 Å². The minimum atomic E-state index is 0.213. The Morgan fingerprint density at radius 3 is 2.19 bits per heavy atom. The molecule has 1 aromatic rings. The van der Waals surface area contributed by atoms with E-state index in [-0.39, 0.29) is 6.10 Å². The van der Waals surface area contributed by atoms with Gasteiger partial charge in [0.1, 0.15) is 5.75 Å². The molecule has 1 aliphatic rings. The molecule has 1 unspecified atom stereocenters. The minimum absolute atomic E-state index is 0.213.